The summed E-state index contributed by atoms with van der Waals surface area (Å²) in [4.78, 5) is 60.7. The molecule has 0 radical (unpaired) electrons. The van der Waals surface area contributed by atoms with Crippen LogP contribution in [-0.2, 0) is 44.7 Å². The van der Waals surface area contributed by atoms with E-state index in [2.05, 4.69) is 20.1 Å². The molecule has 1 aromatic rings. The van der Waals surface area contributed by atoms with Crippen molar-refractivity contribution in [1.82, 2.24) is 10.6 Å². The van der Waals surface area contributed by atoms with Crippen LogP contribution in [0.5, 0.6) is 0 Å². The predicted molar refractivity (Wildman–Crippen MR) is 124 cm³/mol. The second-order valence-electron chi connectivity index (χ2n) is 8.59. The van der Waals surface area contributed by atoms with E-state index < -0.39 is 47.6 Å². The largest absolute Gasteiger partial charge is 0.469 e. The second kappa shape index (κ2) is 14.6. The van der Waals surface area contributed by atoms with Gasteiger partial charge in [-0.25, -0.2) is 14.4 Å². The van der Waals surface area contributed by atoms with Crippen LogP contribution in [0.2, 0.25) is 0 Å². The minimum Gasteiger partial charge on any atom is -0.469 e. The first-order valence-corrected chi connectivity index (χ1v) is 11.1. The smallest absolute Gasteiger partial charge is 0.408 e. The summed E-state index contributed by atoms with van der Waals surface area (Å²) in [7, 11) is 2.37. The van der Waals surface area contributed by atoms with Crippen LogP contribution in [0.1, 0.15) is 52.0 Å². The average molecular weight is 495 g/mol. The Hall–Kier alpha value is -3.63. The van der Waals surface area contributed by atoms with Gasteiger partial charge >= 0.3 is 24.0 Å². The molecule has 0 aromatic heterocycles. The molecule has 0 fully saturated rings. The van der Waals surface area contributed by atoms with Gasteiger partial charge in [-0.1, -0.05) is 30.3 Å². The third-order valence-electron chi connectivity index (χ3n) is 4.55. The van der Waals surface area contributed by atoms with Gasteiger partial charge in [0.2, 0.25) is 5.91 Å². The number of esters is 3. The summed E-state index contributed by atoms with van der Waals surface area (Å²) in [6.07, 6.45) is -1.32. The van der Waals surface area contributed by atoms with Crippen LogP contribution >= 0.6 is 0 Å². The Balaban J connectivity index is 2.79. The van der Waals surface area contributed by atoms with Gasteiger partial charge < -0.3 is 29.6 Å². The number of nitrogens with one attached hydrogen (secondary N) is 2. The number of amides is 2. The maximum absolute atomic E-state index is 12.7. The van der Waals surface area contributed by atoms with Gasteiger partial charge in [0, 0.05) is 12.8 Å². The maximum Gasteiger partial charge on any atom is 0.408 e. The van der Waals surface area contributed by atoms with E-state index in [1.54, 1.807) is 45.0 Å². The first-order chi connectivity index (χ1) is 16.4. The Morgan fingerprint density at radius 3 is 2.00 bits per heavy atom. The molecule has 0 aliphatic carbocycles. The van der Waals surface area contributed by atoms with Gasteiger partial charge in [0.15, 0.2) is 0 Å². The summed E-state index contributed by atoms with van der Waals surface area (Å²) in [6.45, 7) is 4.99. The van der Waals surface area contributed by atoms with Crippen molar-refractivity contribution in [3.63, 3.8) is 0 Å². The molecular weight excluding hydrogens is 460 g/mol. The number of hydrogen-bond acceptors (Lipinski definition) is 9. The van der Waals surface area contributed by atoms with Crippen molar-refractivity contribution in [1.29, 1.82) is 0 Å². The van der Waals surface area contributed by atoms with Crippen molar-refractivity contribution in [2.45, 2.75) is 70.7 Å². The van der Waals surface area contributed by atoms with E-state index in [1.165, 1.54) is 7.11 Å². The van der Waals surface area contributed by atoms with E-state index in [-0.39, 0.29) is 32.3 Å². The molecule has 0 bridgehead atoms. The Bertz CT molecular complexity index is 865. The first-order valence-electron chi connectivity index (χ1n) is 11.1. The topological polar surface area (TPSA) is 146 Å². The lowest BCUT2D eigenvalue weighted by molar-refractivity contribution is -0.149. The fraction of sp³-hybridized carbons (Fsp3) is 0.542. The fourth-order valence-electron chi connectivity index (χ4n) is 2.83. The molecule has 0 aliphatic rings. The van der Waals surface area contributed by atoms with Crippen molar-refractivity contribution in [2.24, 2.45) is 0 Å². The number of rotatable bonds is 12. The fourth-order valence-corrected chi connectivity index (χ4v) is 2.83. The van der Waals surface area contributed by atoms with Crippen LogP contribution in [0, 0.1) is 0 Å². The number of alkyl carbamates (subject to hydrolysis) is 1. The first kappa shape index (κ1) is 29.4. The average Bonchev–Trinajstić information content (AvgIpc) is 2.81. The molecule has 11 heteroatoms. The quantitative estimate of drug-likeness (QED) is 0.329. The lowest BCUT2D eigenvalue weighted by atomic mass is 10.1. The van der Waals surface area contributed by atoms with Crippen LogP contribution in [0.25, 0.3) is 0 Å². The summed E-state index contributed by atoms with van der Waals surface area (Å²) < 4.78 is 19.7. The lowest BCUT2D eigenvalue weighted by Crippen LogP contribution is -2.46. The van der Waals surface area contributed by atoms with Crippen LogP contribution in [0.3, 0.4) is 0 Å². The zero-order valence-electron chi connectivity index (χ0n) is 20.8. The van der Waals surface area contributed by atoms with E-state index in [1.807, 2.05) is 6.07 Å². The molecule has 0 saturated carbocycles. The van der Waals surface area contributed by atoms with E-state index in [9.17, 15) is 24.0 Å². The molecule has 11 nitrogen and oxygen atoms in total. The van der Waals surface area contributed by atoms with E-state index in [0.717, 1.165) is 12.7 Å². The summed E-state index contributed by atoms with van der Waals surface area (Å²) in [5, 5.41) is 4.90. The maximum atomic E-state index is 12.7. The molecule has 2 unspecified atom stereocenters. The van der Waals surface area contributed by atoms with Gasteiger partial charge in [0.05, 0.1) is 14.2 Å². The minimum atomic E-state index is -1.18. The molecular formula is C24H34N2O9. The highest BCUT2D eigenvalue weighted by Gasteiger charge is 2.28. The van der Waals surface area contributed by atoms with Gasteiger partial charge in [-0.05, 0) is 39.2 Å². The molecule has 2 amide bonds. The SMILES string of the molecule is COC(=O)CCC(NC(=O)CCC(NC(=O)OC(C)(C)C)C(=O)OCc1ccccc1)C(=O)OC. The Morgan fingerprint density at radius 2 is 1.43 bits per heavy atom. The van der Waals surface area contributed by atoms with E-state index in [0.29, 0.717) is 0 Å². The van der Waals surface area contributed by atoms with Crippen molar-refractivity contribution in [2.75, 3.05) is 14.2 Å². The summed E-state index contributed by atoms with van der Waals surface area (Å²) >= 11 is 0. The Kier molecular flexibility index (Phi) is 12.3. The highest BCUT2D eigenvalue weighted by Crippen LogP contribution is 2.10. The summed E-state index contributed by atoms with van der Waals surface area (Å²) in [6, 6.07) is 6.71. The summed E-state index contributed by atoms with van der Waals surface area (Å²) in [5.74, 6) is -2.61. The molecule has 1 rings (SSSR count). The third kappa shape index (κ3) is 12.4. The summed E-state index contributed by atoms with van der Waals surface area (Å²) in [5.41, 5.74) is -0.0472. The van der Waals surface area contributed by atoms with Crippen LogP contribution in [0.15, 0.2) is 30.3 Å². The van der Waals surface area contributed by atoms with Gasteiger partial charge in [0.25, 0.3) is 0 Å². The number of carbonyl (C=O) groups is 5. The van der Waals surface area contributed by atoms with Crippen molar-refractivity contribution in [3.05, 3.63) is 35.9 Å². The van der Waals surface area contributed by atoms with Gasteiger partial charge in [0.1, 0.15) is 24.3 Å². The standard InChI is InChI=1S/C24H34N2O9/c1-24(2,3)35-23(31)26-18(22(30)34-15-16-9-7-6-8-10-16)11-13-19(27)25-17(21(29)33-5)12-14-20(28)32-4/h6-10,17-18H,11-15H2,1-5H3,(H,25,27)(H,26,31). The highest BCUT2D eigenvalue weighted by atomic mass is 16.6. The minimum absolute atomic E-state index is 0.0175. The molecule has 194 valence electrons. The van der Waals surface area contributed by atoms with E-state index in [4.69, 9.17) is 9.47 Å². The lowest BCUT2D eigenvalue weighted by Gasteiger charge is -2.23. The van der Waals surface area contributed by atoms with Crippen molar-refractivity contribution < 1.29 is 42.9 Å². The normalized spacial score (nSPS) is 12.5. The Labute approximate surface area is 204 Å². The molecule has 35 heavy (non-hydrogen) atoms. The predicted octanol–water partition coefficient (Wildman–Crippen LogP) is 2.01. The third-order valence-corrected chi connectivity index (χ3v) is 4.55. The van der Waals surface area contributed by atoms with Gasteiger partial charge in [-0.3, -0.25) is 9.59 Å². The van der Waals surface area contributed by atoms with Crippen LogP contribution in [-0.4, -0.2) is 61.8 Å². The second-order valence-corrected chi connectivity index (χ2v) is 8.59. The Morgan fingerprint density at radius 1 is 0.829 bits per heavy atom. The number of methoxy groups -OCH3 is 2. The zero-order valence-corrected chi connectivity index (χ0v) is 20.8. The van der Waals surface area contributed by atoms with Crippen molar-refractivity contribution in [3.8, 4) is 0 Å². The highest BCUT2D eigenvalue weighted by molar-refractivity contribution is 5.86. The molecule has 0 saturated heterocycles. The van der Waals surface area contributed by atoms with Gasteiger partial charge in [-0.15, -0.1) is 0 Å². The van der Waals surface area contributed by atoms with Crippen LogP contribution < -0.4 is 10.6 Å². The molecule has 2 atom stereocenters. The van der Waals surface area contributed by atoms with Crippen LogP contribution in [0.4, 0.5) is 4.79 Å². The molecule has 0 aliphatic heterocycles. The molecule has 2 N–H and O–H groups in total. The zero-order chi connectivity index (χ0) is 26.4. The molecule has 1 aromatic carbocycles. The number of carbonyl (C=O) groups excluding carboxylic acids is 5. The number of hydrogen-bond donors (Lipinski definition) is 2. The number of ether oxygens (including phenoxy) is 4. The molecule has 0 heterocycles. The monoisotopic (exact) mass is 494 g/mol. The molecule has 0 spiro atoms. The van der Waals surface area contributed by atoms with Gasteiger partial charge in [-0.2, -0.15) is 0 Å². The van der Waals surface area contributed by atoms with E-state index >= 15 is 0 Å². The van der Waals surface area contributed by atoms with Crippen molar-refractivity contribution >= 4 is 29.9 Å². The number of benzene rings is 1.